The molecule has 3 nitrogen and oxygen atoms in total. The summed E-state index contributed by atoms with van der Waals surface area (Å²) < 4.78 is 11.2. The van der Waals surface area contributed by atoms with Gasteiger partial charge in [0.2, 0.25) is 0 Å². The van der Waals surface area contributed by atoms with E-state index < -0.39 is 0 Å². The Balaban J connectivity index is 2.10. The van der Waals surface area contributed by atoms with Gasteiger partial charge in [0.15, 0.2) is 0 Å². The Morgan fingerprint density at radius 2 is 2.31 bits per heavy atom. The topological polar surface area (TPSA) is 30.5 Å². The lowest BCUT2D eigenvalue weighted by molar-refractivity contribution is 0.113. The molecule has 1 N–H and O–H groups in total. The fraction of sp³-hybridized carbons (Fsp3) is 0.538. The Bertz CT molecular complexity index is 340. The molecular weight excluding hydrogens is 202 g/mol. The van der Waals surface area contributed by atoms with Crippen LogP contribution in [-0.2, 0) is 4.74 Å². The molecule has 0 spiro atoms. The first-order valence-electron chi connectivity index (χ1n) is 5.83. The molecule has 0 saturated carbocycles. The molecule has 0 aromatic heterocycles. The zero-order valence-electron chi connectivity index (χ0n) is 9.90. The van der Waals surface area contributed by atoms with Crippen LogP contribution in [0, 0.1) is 0 Å². The van der Waals surface area contributed by atoms with Crippen molar-refractivity contribution in [3.05, 3.63) is 29.8 Å². The van der Waals surface area contributed by atoms with Crippen molar-refractivity contribution in [2.45, 2.75) is 18.9 Å². The predicted octanol–water partition coefficient (Wildman–Crippen LogP) is 1.79. The molecule has 2 rings (SSSR count). The first kappa shape index (κ1) is 11.4. The third-order valence-corrected chi connectivity index (χ3v) is 3.09. The van der Waals surface area contributed by atoms with Crippen LogP contribution in [0.25, 0.3) is 0 Å². The van der Waals surface area contributed by atoms with E-state index in [0.717, 1.165) is 25.6 Å². The van der Waals surface area contributed by atoms with Crippen LogP contribution in [-0.4, -0.2) is 32.9 Å². The average molecular weight is 221 g/mol. The molecule has 0 bridgehead atoms. The van der Waals surface area contributed by atoms with Gasteiger partial charge in [-0.3, -0.25) is 0 Å². The standard InChI is InChI=1S/C13H19NO2/c1-3-15-9-12(14-2)11-8-16-13-7-5-4-6-10(11)13/h4-7,11-12,14H,3,8-9H2,1-2H3. The Labute approximate surface area is 96.8 Å². The second-order valence-electron chi connectivity index (χ2n) is 4.01. The Morgan fingerprint density at radius 1 is 1.50 bits per heavy atom. The third kappa shape index (κ3) is 2.20. The molecule has 0 amide bonds. The Morgan fingerprint density at radius 3 is 3.06 bits per heavy atom. The Hall–Kier alpha value is -1.06. The van der Waals surface area contributed by atoms with Gasteiger partial charge in [-0.15, -0.1) is 0 Å². The smallest absolute Gasteiger partial charge is 0.122 e. The lowest BCUT2D eigenvalue weighted by atomic mass is 9.94. The number of rotatable bonds is 5. The number of benzene rings is 1. The zero-order chi connectivity index (χ0) is 11.4. The van der Waals surface area contributed by atoms with Crippen LogP contribution in [0.4, 0.5) is 0 Å². The second-order valence-corrected chi connectivity index (χ2v) is 4.01. The van der Waals surface area contributed by atoms with Crippen molar-refractivity contribution < 1.29 is 9.47 Å². The largest absolute Gasteiger partial charge is 0.493 e. The summed E-state index contributed by atoms with van der Waals surface area (Å²) in [5.41, 5.74) is 1.29. The van der Waals surface area contributed by atoms with Gasteiger partial charge in [-0.25, -0.2) is 0 Å². The van der Waals surface area contributed by atoms with Crippen LogP contribution >= 0.6 is 0 Å². The molecule has 1 heterocycles. The molecule has 0 fully saturated rings. The maximum Gasteiger partial charge on any atom is 0.122 e. The van der Waals surface area contributed by atoms with Crippen LogP contribution in [0.15, 0.2) is 24.3 Å². The number of nitrogens with one attached hydrogen (secondary N) is 1. The normalized spacial score (nSPS) is 20.2. The van der Waals surface area contributed by atoms with Crippen molar-refractivity contribution >= 4 is 0 Å². The number of para-hydroxylation sites is 1. The summed E-state index contributed by atoms with van der Waals surface area (Å²) in [6.45, 7) is 4.26. The summed E-state index contributed by atoms with van der Waals surface area (Å²) in [6, 6.07) is 8.57. The lowest BCUT2D eigenvalue weighted by Crippen LogP contribution is -2.37. The molecule has 0 aliphatic carbocycles. The molecule has 16 heavy (non-hydrogen) atoms. The molecule has 1 aliphatic rings. The fourth-order valence-corrected chi connectivity index (χ4v) is 2.17. The summed E-state index contributed by atoms with van der Waals surface area (Å²) in [7, 11) is 1.98. The molecule has 0 radical (unpaired) electrons. The van der Waals surface area contributed by atoms with E-state index in [4.69, 9.17) is 9.47 Å². The maximum absolute atomic E-state index is 5.68. The van der Waals surface area contributed by atoms with E-state index in [9.17, 15) is 0 Å². The monoisotopic (exact) mass is 221 g/mol. The van der Waals surface area contributed by atoms with E-state index in [2.05, 4.69) is 17.4 Å². The highest BCUT2D eigenvalue weighted by Crippen LogP contribution is 2.35. The highest BCUT2D eigenvalue weighted by atomic mass is 16.5. The molecule has 0 saturated heterocycles. The summed E-state index contributed by atoms with van der Waals surface area (Å²) >= 11 is 0. The van der Waals surface area contributed by atoms with Crippen LogP contribution in [0.3, 0.4) is 0 Å². The van der Waals surface area contributed by atoms with E-state index >= 15 is 0 Å². The van der Waals surface area contributed by atoms with Crippen LogP contribution in [0.5, 0.6) is 5.75 Å². The minimum atomic E-state index is 0.323. The molecule has 1 aromatic carbocycles. The van der Waals surface area contributed by atoms with Gasteiger partial charge in [0.05, 0.1) is 13.2 Å². The summed E-state index contributed by atoms with van der Waals surface area (Å²) in [6.07, 6.45) is 0. The van der Waals surface area contributed by atoms with Gasteiger partial charge in [-0.2, -0.15) is 0 Å². The fourth-order valence-electron chi connectivity index (χ4n) is 2.17. The molecule has 3 heteroatoms. The molecule has 88 valence electrons. The van der Waals surface area contributed by atoms with Gasteiger partial charge in [0, 0.05) is 24.1 Å². The van der Waals surface area contributed by atoms with E-state index in [0.29, 0.717) is 12.0 Å². The average Bonchev–Trinajstić information content (AvgIpc) is 2.75. The highest BCUT2D eigenvalue weighted by molar-refractivity contribution is 5.40. The zero-order valence-corrected chi connectivity index (χ0v) is 9.90. The summed E-state index contributed by atoms with van der Waals surface area (Å²) in [4.78, 5) is 0. The van der Waals surface area contributed by atoms with Gasteiger partial charge in [0.1, 0.15) is 5.75 Å². The van der Waals surface area contributed by atoms with Crippen LogP contribution < -0.4 is 10.1 Å². The van der Waals surface area contributed by atoms with Crippen molar-refractivity contribution in [1.29, 1.82) is 0 Å². The van der Waals surface area contributed by atoms with Crippen molar-refractivity contribution in [2.75, 3.05) is 26.9 Å². The van der Waals surface area contributed by atoms with Crippen molar-refractivity contribution in [2.24, 2.45) is 0 Å². The first-order valence-corrected chi connectivity index (χ1v) is 5.83. The maximum atomic E-state index is 5.68. The van der Waals surface area contributed by atoms with E-state index in [1.54, 1.807) is 0 Å². The Kier molecular flexibility index (Phi) is 3.80. The number of hydrogen-bond donors (Lipinski definition) is 1. The van der Waals surface area contributed by atoms with Crippen LogP contribution in [0.2, 0.25) is 0 Å². The molecule has 1 aliphatic heterocycles. The summed E-state index contributed by atoms with van der Waals surface area (Å²) in [5, 5.41) is 3.31. The van der Waals surface area contributed by atoms with E-state index in [1.807, 2.05) is 26.1 Å². The van der Waals surface area contributed by atoms with Crippen molar-refractivity contribution in [3.8, 4) is 5.75 Å². The summed E-state index contributed by atoms with van der Waals surface area (Å²) in [5.74, 6) is 1.41. The second kappa shape index (κ2) is 5.32. The van der Waals surface area contributed by atoms with E-state index in [-0.39, 0.29) is 0 Å². The van der Waals surface area contributed by atoms with Gasteiger partial charge in [-0.1, -0.05) is 18.2 Å². The van der Waals surface area contributed by atoms with E-state index in [1.165, 1.54) is 5.56 Å². The minimum Gasteiger partial charge on any atom is -0.493 e. The quantitative estimate of drug-likeness (QED) is 0.822. The minimum absolute atomic E-state index is 0.323. The van der Waals surface area contributed by atoms with Crippen molar-refractivity contribution in [1.82, 2.24) is 5.32 Å². The van der Waals surface area contributed by atoms with Gasteiger partial charge >= 0.3 is 0 Å². The predicted molar refractivity (Wildman–Crippen MR) is 64.0 cm³/mol. The number of fused-ring (bicyclic) bond motifs is 1. The molecule has 2 atom stereocenters. The molecule has 1 aromatic rings. The van der Waals surface area contributed by atoms with Gasteiger partial charge in [-0.05, 0) is 20.0 Å². The first-order chi connectivity index (χ1) is 7.86. The number of likely N-dealkylation sites (N-methyl/N-ethyl adjacent to an activating group) is 1. The number of hydrogen-bond acceptors (Lipinski definition) is 3. The van der Waals surface area contributed by atoms with Gasteiger partial charge < -0.3 is 14.8 Å². The van der Waals surface area contributed by atoms with Crippen molar-refractivity contribution in [3.63, 3.8) is 0 Å². The van der Waals surface area contributed by atoms with Gasteiger partial charge in [0.25, 0.3) is 0 Å². The molecule has 2 unspecified atom stereocenters. The third-order valence-electron chi connectivity index (χ3n) is 3.09. The highest BCUT2D eigenvalue weighted by Gasteiger charge is 2.30. The number of ether oxygens (including phenoxy) is 2. The lowest BCUT2D eigenvalue weighted by Gasteiger charge is -2.21. The SMILES string of the molecule is CCOCC(NC)C1COc2ccccc21. The van der Waals surface area contributed by atoms with Crippen LogP contribution in [0.1, 0.15) is 18.4 Å². The molecular formula is C13H19NO2.